The fourth-order valence-electron chi connectivity index (χ4n) is 2.34. The van der Waals surface area contributed by atoms with E-state index in [0.717, 1.165) is 24.5 Å². The minimum atomic E-state index is 0.0353. The van der Waals surface area contributed by atoms with E-state index in [4.69, 9.17) is 4.74 Å². The molecule has 2 rings (SSSR count). The molecule has 1 heterocycles. The number of hydrogen-bond acceptors (Lipinski definition) is 3. The molecule has 1 aromatic rings. The fraction of sp³-hybridized carbons (Fsp3) is 0.562. The Hall–Kier alpha value is -1.55. The van der Waals surface area contributed by atoms with Gasteiger partial charge in [-0.25, -0.2) is 0 Å². The maximum atomic E-state index is 12.3. The number of nitrogens with one attached hydrogen (secondary N) is 2. The summed E-state index contributed by atoms with van der Waals surface area (Å²) in [6, 6.07) is 7.62. The predicted molar refractivity (Wildman–Crippen MR) is 80.9 cm³/mol. The van der Waals surface area contributed by atoms with E-state index < -0.39 is 0 Å². The summed E-state index contributed by atoms with van der Waals surface area (Å²) in [6.45, 7) is 8.62. The second-order valence-electron chi connectivity index (χ2n) is 5.93. The zero-order valence-electron chi connectivity index (χ0n) is 12.5. The van der Waals surface area contributed by atoms with Crippen molar-refractivity contribution in [1.82, 2.24) is 5.32 Å². The molecule has 1 saturated heterocycles. The van der Waals surface area contributed by atoms with Crippen LogP contribution in [0, 0.1) is 17.8 Å². The summed E-state index contributed by atoms with van der Waals surface area (Å²) in [6.07, 6.45) is 0. The van der Waals surface area contributed by atoms with Crippen molar-refractivity contribution in [3.63, 3.8) is 0 Å². The lowest BCUT2D eigenvalue weighted by molar-refractivity contribution is -0.120. The Labute approximate surface area is 120 Å². The van der Waals surface area contributed by atoms with Crippen molar-refractivity contribution >= 4 is 11.6 Å². The number of amides is 1. The molecule has 0 radical (unpaired) electrons. The molecule has 4 nitrogen and oxygen atoms in total. The maximum absolute atomic E-state index is 12.3. The topological polar surface area (TPSA) is 50.4 Å². The lowest BCUT2D eigenvalue weighted by atomic mass is 9.97. The zero-order valence-corrected chi connectivity index (χ0v) is 12.5. The number of hydrogen-bond donors (Lipinski definition) is 2. The first-order chi connectivity index (χ1) is 9.58. The van der Waals surface area contributed by atoms with Crippen LogP contribution in [0.5, 0.6) is 5.75 Å². The van der Waals surface area contributed by atoms with Gasteiger partial charge in [0.25, 0.3) is 0 Å². The van der Waals surface area contributed by atoms with Gasteiger partial charge < -0.3 is 15.4 Å². The van der Waals surface area contributed by atoms with Crippen molar-refractivity contribution in [3.8, 4) is 5.75 Å². The van der Waals surface area contributed by atoms with E-state index in [1.807, 2.05) is 24.3 Å². The van der Waals surface area contributed by atoms with E-state index in [1.165, 1.54) is 0 Å². The van der Waals surface area contributed by atoms with Crippen LogP contribution in [-0.2, 0) is 4.79 Å². The van der Waals surface area contributed by atoms with Gasteiger partial charge in [0.05, 0.1) is 18.2 Å². The normalized spacial score (nSPS) is 22.0. The van der Waals surface area contributed by atoms with E-state index in [-0.39, 0.29) is 11.8 Å². The number of benzene rings is 1. The molecule has 0 spiro atoms. The summed E-state index contributed by atoms with van der Waals surface area (Å²) < 4.78 is 5.76. The van der Waals surface area contributed by atoms with Crippen LogP contribution in [0.3, 0.4) is 0 Å². The van der Waals surface area contributed by atoms with Crippen LogP contribution < -0.4 is 15.4 Å². The molecule has 110 valence electrons. The van der Waals surface area contributed by atoms with Gasteiger partial charge in [-0.3, -0.25) is 4.79 Å². The minimum Gasteiger partial charge on any atom is -0.491 e. The standard InChI is InChI=1S/C16H24N2O2/c1-11(2)10-20-15-7-5-4-6-14(15)18-16(19)13-9-17-8-12(13)3/h4-7,11-13,17H,8-10H2,1-3H3,(H,18,19). The summed E-state index contributed by atoms with van der Waals surface area (Å²) in [7, 11) is 0. The maximum Gasteiger partial charge on any atom is 0.229 e. The zero-order chi connectivity index (χ0) is 14.5. The molecule has 0 bridgehead atoms. The quantitative estimate of drug-likeness (QED) is 0.869. The van der Waals surface area contributed by atoms with Crippen LogP contribution in [-0.4, -0.2) is 25.6 Å². The fourth-order valence-corrected chi connectivity index (χ4v) is 2.34. The SMILES string of the molecule is CC(C)COc1ccccc1NC(=O)C1CNCC1C. The molecule has 1 amide bonds. The molecular formula is C16H24N2O2. The smallest absolute Gasteiger partial charge is 0.229 e. The third-order valence-corrected chi connectivity index (χ3v) is 3.57. The number of ether oxygens (including phenoxy) is 1. The minimum absolute atomic E-state index is 0.0353. The molecule has 2 unspecified atom stereocenters. The third-order valence-electron chi connectivity index (χ3n) is 3.57. The van der Waals surface area contributed by atoms with Crippen molar-refractivity contribution in [1.29, 1.82) is 0 Å². The molecule has 20 heavy (non-hydrogen) atoms. The third kappa shape index (κ3) is 3.73. The molecule has 0 aliphatic carbocycles. The van der Waals surface area contributed by atoms with Gasteiger partial charge in [-0.15, -0.1) is 0 Å². The second kappa shape index (κ2) is 6.75. The number of para-hydroxylation sites is 2. The summed E-state index contributed by atoms with van der Waals surface area (Å²) in [4.78, 5) is 12.3. The highest BCUT2D eigenvalue weighted by Gasteiger charge is 2.29. The lowest BCUT2D eigenvalue weighted by Crippen LogP contribution is -2.28. The predicted octanol–water partition coefficient (Wildman–Crippen LogP) is 2.52. The van der Waals surface area contributed by atoms with Crippen molar-refractivity contribution in [2.45, 2.75) is 20.8 Å². The number of carbonyl (C=O) groups excluding carboxylic acids is 1. The van der Waals surface area contributed by atoms with Gasteiger partial charge in [0, 0.05) is 6.54 Å². The van der Waals surface area contributed by atoms with Crippen LogP contribution >= 0.6 is 0 Å². The van der Waals surface area contributed by atoms with Crippen LogP contribution in [0.15, 0.2) is 24.3 Å². The molecule has 2 atom stereocenters. The Morgan fingerprint density at radius 1 is 1.40 bits per heavy atom. The highest BCUT2D eigenvalue weighted by atomic mass is 16.5. The Morgan fingerprint density at radius 2 is 2.15 bits per heavy atom. The molecule has 1 aromatic carbocycles. The van der Waals surface area contributed by atoms with Gasteiger partial charge in [0.15, 0.2) is 0 Å². The summed E-state index contributed by atoms with van der Waals surface area (Å²) in [5.74, 6) is 1.68. The molecule has 1 aliphatic heterocycles. The molecule has 2 N–H and O–H groups in total. The molecular weight excluding hydrogens is 252 g/mol. The molecule has 4 heteroatoms. The van der Waals surface area contributed by atoms with Gasteiger partial charge in [-0.05, 0) is 30.5 Å². The van der Waals surface area contributed by atoms with E-state index in [9.17, 15) is 4.79 Å². The first-order valence-corrected chi connectivity index (χ1v) is 7.31. The second-order valence-corrected chi connectivity index (χ2v) is 5.93. The van der Waals surface area contributed by atoms with Crippen LogP contribution in [0.2, 0.25) is 0 Å². The first kappa shape index (κ1) is 14.9. The van der Waals surface area contributed by atoms with Crippen molar-refractivity contribution in [2.24, 2.45) is 17.8 Å². The summed E-state index contributed by atoms with van der Waals surface area (Å²) in [5, 5.41) is 6.25. The van der Waals surface area contributed by atoms with Gasteiger partial charge in [-0.2, -0.15) is 0 Å². The number of rotatable bonds is 5. The lowest BCUT2D eigenvalue weighted by Gasteiger charge is -2.17. The van der Waals surface area contributed by atoms with E-state index in [0.29, 0.717) is 18.4 Å². The van der Waals surface area contributed by atoms with Crippen molar-refractivity contribution in [3.05, 3.63) is 24.3 Å². The van der Waals surface area contributed by atoms with Gasteiger partial charge in [0.2, 0.25) is 5.91 Å². The molecule has 1 aliphatic rings. The van der Waals surface area contributed by atoms with Crippen LogP contribution in [0.25, 0.3) is 0 Å². The highest BCUT2D eigenvalue weighted by molar-refractivity contribution is 5.94. The Morgan fingerprint density at radius 3 is 2.80 bits per heavy atom. The monoisotopic (exact) mass is 276 g/mol. The molecule has 1 fully saturated rings. The number of anilines is 1. The van der Waals surface area contributed by atoms with Crippen LogP contribution in [0.1, 0.15) is 20.8 Å². The van der Waals surface area contributed by atoms with Gasteiger partial charge in [0.1, 0.15) is 5.75 Å². The molecule has 0 saturated carbocycles. The number of carbonyl (C=O) groups is 1. The summed E-state index contributed by atoms with van der Waals surface area (Å²) >= 11 is 0. The average molecular weight is 276 g/mol. The molecule has 0 aromatic heterocycles. The van der Waals surface area contributed by atoms with Gasteiger partial charge in [-0.1, -0.05) is 32.9 Å². The van der Waals surface area contributed by atoms with Crippen LogP contribution in [0.4, 0.5) is 5.69 Å². The van der Waals surface area contributed by atoms with Crippen molar-refractivity contribution < 1.29 is 9.53 Å². The highest BCUT2D eigenvalue weighted by Crippen LogP contribution is 2.26. The Balaban J connectivity index is 2.03. The first-order valence-electron chi connectivity index (χ1n) is 7.31. The van der Waals surface area contributed by atoms with Gasteiger partial charge >= 0.3 is 0 Å². The van der Waals surface area contributed by atoms with Crippen molar-refractivity contribution in [2.75, 3.05) is 25.0 Å². The Bertz CT molecular complexity index is 460. The van der Waals surface area contributed by atoms with E-state index >= 15 is 0 Å². The largest absolute Gasteiger partial charge is 0.491 e. The summed E-state index contributed by atoms with van der Waals surface area (Å²) in [5.41, 5.74) is 0.761. The average Bonchev–Trinajstić information content (AvgIpc) is 2.84. The van der Waals surface area contributed by atoms with E-state index in [2.05, 4.69) is 31.4 Å². The van der Waals surface area contributed by atoms with E-state index in [1.54, 1.807) is 0 Å². The Kier molecular flexibility index (Phi) is 5.01.